The molecule has 2 aliphatic rings. The van der Waals surface area contributed by atoms with Gasteiger partial charge in [-0.3, -0.25) is 0 Å². The molecule has 0 unspecified atom stereocenters. The Balaban J connectivity index is 1.73. The lowest BCUT2D eigenvalue weighted by atomic mass is 9.77. The fourth-order valence-electron chi connectivity index (χ4n) is 3.30. The Bertz CT molecular complexity index is 448. The lowest BCUT2D eigenvalue weighted by Crippen LogP contribution is -2.42. The summed E-state index contributed by atoms with van der Waals surface area (Å²) in [5.41, 5.74) is 1.61. The highest BCUT2D eigenvalue weighted by molar-refractivity contribution is 5.29. The van der Waals surface area contributed by atoms with Crippen LogP contribution in [0.15, 0.2) is 24.3 Å². The highest BCUT2D eigenvalue weighted by atomic mass is 16.7. The number of ether oxygens (including phenoxy) is 2. The molecule has 1 aliphatic carbocycles. The molecule has 0 bridgehead atoms. The molecule has 0 radical (unpaired) electrons. The Morgan fingerprint density at radius 2 is 1.50 bits per heavy atom. The van der Waals surface area contributed by atoms with E-state index in [9.17, 15) is 5.11 Å². The molecular weight excluding hydrogens is 252 g/mol. The Kier molecular flexibility index (Phi) is 3.61. The molecule has 1 saturated heterocycles. The van der Waals surface area contributed by atoms with Gasteiger partial charge < -0.3 is 14.6 Å². The van der Waals surface area contributed by atoms with Crippen LogP contribution in [0, 0.1) is 0 Å². The van der Waals surface area contributed by atoms with E-state index in [1.54, 1.807) is 0 Å². The lowest BCUT2D eigenvalue weighted by Gasteiger charge is -2.40. The van der Waals surface area contributed by atoms with Crippen molar-refractivity contribution in [2.75, 3.05) is 13.2 Å². The minimum Gasteiger partial charge on any atom is -0.385 e. The highest BCUT2D eigenvalue weighted by Crippen LogP contribution is 2.44. The molecule has 3 nitrogen and oxygen atoms in total. The van der Waals surface area contributed by atoms with Crippen molar-refractivity contribution in [3.8, 4) is 0 Å². The molecule has 0 amide bonds. The highest BCUT2D eigenvalue weighted by Gasteiger charge is 2.46. The van der Waals surface area contributed by atoms with Crippen LogP contribution in [0.2, 0.25) is 0 Å². The van der Waals surface area contributed by atoms with Gasteiger partial charge in [-0.05, 0) is 29.9 Å². The van der Waals surface area contributed by atoms with Crippen molar-refractivity contribution in [1.29, 1.82) is 0 Å². The molecule has 1 N–H and O–H groups in total. The first kappa shape index (κ1) is 14.1. The fourth-order valence-corrected chi connectivity index (χ4v) is 3.30. The van der Waals surface area contributed by atoms with E-state index >= 15 is 0 Å². The minimum absolute atomic E-state index is 0.413. The third-order valence-electron chi connectivity index (χ3n) is 4.77. The molecule has 0 aromatic heterocycles. The largest absolute Gasteiger partial charge is 0.385 e. The van der Waals surface area contributed by atoms with Crippen LogP contribution in [0.5, 0.6) is 0 Å². The van der Waals surface area contributed by atoms with E-state index < -0.39 is 11.4 Å². The zero-order valence-corrected chi connectivity index (χ0v) is 12.4. The smallest absolute Gasteiger partial charge is 0.168 e. The second kappa shape index (κ2) is 5.14. The minimum atomic E-state index is -0.726. The van der Waals surface area contributed by atoms with Crippen LogP contribution in [-0.2, 0) is 15.1 Å². The van der Waals surface area contributed by atoms with Crippen molar-refractivity contribution in [2.45, 2.75) is 56.8 Å². The monoisotopic (exact) mass is 276 g/mol. The van der Waals surface area contributed by atoms with Gasteiger partial charge in [0.2, 0.25) is 0 Å². The number of aliphatic hydroxyl groups is 1. The van der Waals surface area contributed by atoms with E-state index in [1.807, 2.05) is 0 Å². The third-order valence-corrected chi connectivity index (χ3v) is 4.77. The zero-order chi connectivity index (χ0) is 14.2. The molecular formula is C17H24O3. The molecule has 1 saturated carbocycles. The molecule has 20 heavy (non-hydrogen) atoms. The SMILES string of the molecule is CC(C)c1ccc(C2(O)CCC3(CC2)OCCO3)cc1. The average Bonchev–Trinajstić information content (AvgIpc) is 2.92. The van der Waals surface area contributed by atoms with Crippen molar-refractivity contribution in [3.05, 3.63) is 35.4 Å². The van der Waals surface area contributed by atoms with Crippen molar-refractivity contribution in [1.82, 2.24) is 0 Å². The third kappa shape index (κ3) is 2.50. The molecule has 3 rings (SSSR count). The van der Waals surface area contributed by atoms with Gasteiger partial charge in [-0.2, -0.15) is 0 Å². The predicted molar refractivity (Wildman–Crippen MR) is 77.5 cm³/mol. The van der Waals surface area contributed by atoms with Gasteiger partial charge >= 0.3 is 0 Å². The molecule has 3 heteroatoms. The Morgan fingerprint density at radius 1 is 0.950 bits per heavy atom. The fraction of sp³-hybridized carbons (Fsp3) is 0.647. The van der Waals surface area contributed by atoms with Gasteiger partial charge in [-0.1, -0.05) is 38.1 Å². The van der Waals surface area contributed by atoms with E-state index in [4.69, 9.17) is 9.47 Å². The van der Waals surface area contributed by atoms with Crippen molar-refractivity contribution < 1.29 is 14.6 Å². The number of rotatable bonds is 2. The van der Waals surface area contributed by atoms with Crippen LogP contribution in [0.4, 0.5) is 0 Å². The Labute approximate surface area is 120 Å². The molecule has 1 spiro atoms. The first-order valence-corrected chi connectivity index (χ1v) is 7.64. The van der Waals surface area contributed by atoms with Gasteiger partial charge in [0.1, 0.15) is 0 Å². The molecule has 2 fully saturated rings. The van der Waals surface area contributed by atoms with Crippen molar-refractivity contribution >= 4 is 0 Å². The van der Waals surface area contributed by atoms with E-state index in [2.05, 4.69) is 38.1 Å². The standard InChI is InChI=1S/C17H24O3/c1-13(2)14-3-5-15(6-4-14)16(18)7-9-17(10-8-16)19-11-12-20-17/h3-6,13,18H,7-12H2,1-2H3. The van der Waals surface area contributed by atoms with E-state index in [1.165, 1.54) is 5.56 Å². The van der Waals surface area contributed by atoms with Crippen molar-refractivity contribution in [3.63, 3.8) is 0 Å². The maximum absolute atomic E-state index is 10.9. The maximum atomic E-state index is 10.9. The number of hydrogen-bond donors (Lipinski definition) is 1. The van der Waals surface area contributed by atoms with Crippen LogP contribution >= 0.6 is 0 Å². The summed E-state index contributed by atoms with van der Waals surface area (Å²) >= 11 is 0. The summed E-state index contributed by atoms with van der Waals surface area (Å²) in [5.74, 6) is 0.109. The number of benzene rings is 1. The second-order valence-corrected chi connectivity index (χ2v) is 6.42. The lowest BCUT2D eigenvalue weighted by molar-refractivity contribution is -0.204. The van der Waals surface area contributed by atoms with E-state index in [0.29, 0.717) is 32.0 Å². The van der Waals surface area contributed by atoms with Crippen LogP contribution in [0.25, 0.3) is 0 Å². The van der Waals surface area contributed by atoms with Crippen LogP contribution < -0.4 is 0 Å². The second-order valence-electron chi connectivity index (χ2n) is 6.42. The number of hydrogen-bond acceptors (Lipinski definition) is 3. The molecule has 1 aromatic rings. The van der Waals surface area contributed by atoms with Crippen LogP contribution in [-0.4, -0.2) is 24.1 Å². The summed E-state index contributed by atoms with van der Waals surface area (Å²) in [4.78, 5) is 0. The van der Waals surface area contributed by atoms with Gasteiger partial charge in [-0.15, -0.1) is 0 Å². The summed E-state index contributed by atoms with van der Waals surface area (Å²) in [6.45, 7) is 5.73. The van der Waals surface area contributed by atoms with Crippen molar-refractivity contribution in [2.24, 2.45) is 0 Å². The summed E-state index contributed by atoms with van der Waals surface area (Å²) in [6.07, 6.45) is 2.95. The van der Waals surface area contributed by atoms with Gasteiger partial charge in [0, 0.05) is 12.8 Å². The van der Waals surface area contributed by atoms with Gasteiger partial charge in [-0.25, -0.2) is 0 Å². The summed E-state index contributed by atoms with van der Waals surface area (Å²) in [5, 5.41) is 10.9. The first-order valence-electron chi connectivity index (χ1n) is 7.64. The van der Waals surface area contributed by atoms with Gasteiger partial charge in [0.05, 0.1) is 18.8 Å². The molecule has 1 aromatic carbocycles. The molecule has 110 valence electrons. The van der Waals surface area contributed by atoms with E-state index in [0.717, 1.165) is 18.4 Å². The predicted octanol–water partition coefficient (Wildman–Crippen LogP) is 3.31. The first-order chi connectivity index (χ1) is 9.53. The molecule has 0 atom stereocenters. The van der Waals surface area contributed by atoms with E-state index in [-0.39, 0.29) is 0 Å². The van der Waals surface area contributed by atoms with Gasteiger partial charge in [0.15, 0.2) is 5.79 Å². The van der Waals surface area contributed by atoms with Crippen LogP contribution in [0.1, 0.15) is 56.6 Å². The summed E-state index contributed by atoms with van der Waals surface area (Å²) in [7, 11) is 0. The normalized spacial score (nSPS) is 24.4. The average molecular weight is 276 g/mol. The Morgan fingerprint density at radius 3 is 2.00 bits per heavy atom. The summed E-state index contributed by atoms with van der Waals surface area (Å²) in [6, 6.07) is 8.41. The maximum Gasteiger partial charge on any atom is 0.168 e. The zero-order valence-electron chi connectivity index (χ0n) is 12.4. The van der Waals surface area contributed by atoms with Gasteiger partial charge in [0.25, 0.3) is 0 Å². The van der Waals surface area contributed by atoms with Crippen LogP contribution in [0.3, 0.4) is 0 Å². The quantitative estimate of drug-likeness (QED) is 0.900. The molecule has 1 aliphatic heterocycles. The topological polar surface area (TPSA) is 38.7 Å². The molecule has 1 heterocycles. The Hall–Kier alpha value is -0.900. The summed E-state index contributed by atoms with van der Waals surface area (Å²) < 4.78 is 11.5.